The first-order chi connectivity index (χ1) is 4.30. The second-order valence-corrected chi connectivity index (χ2v) is 1.95. The normalized spacial score (nSPS) is 8.20. The molecule has 10 heavy (non-hydrogen) atoms. The van der Waals surface area contributed by atoms with E-state index in [1.165, 1.54) is 0 Å². The van der Waals surface area contributed by atoms with Crippen LogP contribution in [0.3, 0.4) is 0 Å². The number of hydrogen-bond acceptors (Lipinski definition) is 1. The van der Waals surface area contributed by atoms with E-state index in [0.29, 0.717) is 0 Å². The van der Waals surface area contributed by atoms with Gasteiger partial charge in [-0.15, -0.1) is 5.69 Å². The summed E-state index contributed by atoms with van der Waals surface area (Å²) in [6.45, 7) is 0. The van der Waals surface area contributed by atoms with Gasteiger partial charge in [-0.2, -0.15) is 30.3 Å². The monoisotopic (exact) mass is 357 g/mol. The molecule has 0 N–H and O–H groups in total. The second kappa shape index (κ2) is 4.82. The molecule has 2 heteroatoms. The van der Waals surface area contributed by atoms with Gasteiger partial charge in [0.05, 0.1) is 0 Å². The Hall–Kier alpha value is 0.0719. The van der Waals surface area contributed by atoms with Crippen molar-refractivity contribution in [3.8, 4) is 0 Å². The molecule has 1 aromatic rings. The first kappa shape index (κ1) is 10.1. The fraction of sp³-hybridized carbons (Fsp3) is 0.125. The Balaban J connectivity index is 0.000000810. The third-order valence-electron chi connectivity index (χ3n) is 1.10. The fourth-order valence-electron chi connectivity index (χ4n) is 0.621. The van der Waals surface area contributed by atoms with Gasteiger partial charge in [-0.3, -0.25) is 7.05 Å². The molecule has 0 unspecified atom stereocenters. The summed E-state index contributed by atoms with van der Waals surface area (Å²) in [5.41, 5.74) is 1.01. The summed E-state index contributed by atoms with van der Waals surface area (Å²) in [5, 5.41) is 0. The molecule has 0 amide bonds. The van der Waals surface area contributed by atoms with Crippen LogP contribution in [-0.4, -0.2) is 7.05 Å². The van der Waals surface area contributed by atoms with Gasteiger partial charge in [0.2, 0.25) is 0 Å². The van der Waals surface area contributed by atoms with Crippen molar-refractivity contribution in [3.63, 3.8) is 0 Å². The number of para-hydroxylation sites is 1. The molecule has 0 atom stereocenters. The molecular weight excluding hydrogens is 348 g/mol. The van der Waals surface area contributed by atoms with Gasteiger partial charge >= 0.3 is 31.1 Å². The Morgan fingerprint density at radius 2 is 2.20 bits per heavy atom. The van der Waals surface area contributed by atoms with Gasteiger partial charge in [-0.25, -0.2) is 0 Å². The molecule has 0 saturated carbocycles. The summed E-state index contributed by atoms with van der Waals surface area (Å²) >= 11 is 0. The summed E-state index contributed by atoms with van der Waals surface area (Å²) in [5.74, 6) is 0. The van der Waals surface area contributed by atoms with Gasteiger partial charge < -0.3 is 4.90 Å². The number of hydrogen-bond donors (Lipinski definition) is 0. The van der Waals surface area contributed by atoms with E-state index in [-0.39, 0.29) is 31.1 Å². The van der Waals surface area contributed by atoms with Crippen LogP contribution in [0, 0.1) is 44.2 Å². The molecule has 0 heterocycles. The van der Waals surface area contributed by atoms with Gasteiger partial charge in [-0.05, 0) is 7.05 Å². The van der Waals surface area contributed by atoms with Crippen LogP contribution in [0.4, 0.5) is 5.69 Å². The van der Waals surface area contributed by atoms with Crippen molar-refractivity contribution in [2.24, 2.45) is 0 Å². The number of benzene rings is 1. The van der Waals surface area contributed by atoms with Crippen molar-refractivity contribution in [1.29, 1.82) is 0 Å². The van der Waals surface area contributed by atoms with Crippen LogP contribution in [-0.2, 0) is 0 Å². The van der Waals surface area contributed by atoms with Gasteiger partial charge in [0, 0.05) is 0 Å². The summed E-state index contributed by atoms with van der Waals surface area (Å²) in [7, 11) is 5.61. The largest absolute Gasteiger partial charge is 2.00 e. The van der Waals surface area contributed by atoms with Crippen molar-refractivity contribution in [1.82, 2.24) is 0 Å². The first-order valence-corrected chi connectivity index (χ1v) is 2.81. The van der Waals surface area contributed by atoms with E-state index in [9.17, 15) is 0 Å². The maximum absolute atomic E-state index is 3.71. The summed E-state index contributed by atoms with van der Waals surface area (Å²) in [6, 6.07) is 10.8. The molecule has 1 rings (SSSR count). The molecule has 0 aromatic heterocycles. The summed E-state index contributed by atoms with van der Waals surface area (Å²) < 4.78 is 0. The van der Waals surface area contributed by atoms with Crippen molar-refractivity contribution < 1.29 is 31.1 Å². The predicted octanol–water partition coefficient (Wildman–Crippen LogP) is 1.71. The van der Waals surface area contributed by atoms with E-state index >= 15 is 0 Å². The van der Waals surface area contributed by atoms with Gasteiger partial charge in [0.1, 0.15) is 0 Å². The van der Waals surface area contributed by atoms with Crippen LogP contribution in [0.1, 0.15) is 0 Å². The van der Waals surface area contributed by atoms with Crippen LogP contribution in [0.25, 0.3) is 0 Å². The molecule has 0 bridgehead atoms. The van der Waals surface area contributed by atoms with E-state index in [1.807, 2.05) is 31.3 Å². The van der Waals surface area contributed by atoms with E-state index in [4.69, 9.17) is 0 Å². The molecule has 0 spiro atoms. The smallest absolute Gasteiger partial charge is 0.548 e. The van der Waals surface area contributed by atoms with E-state index < -0.39 is 0 Å². The Morgan fingerprint density at radius 3 is 2.50 bits per heavy atom. The molecule has 0 saturated heterocycles. The van der Waals surface area contributed by atoms with Gasteiger partial charge in [0.25, 0.3) is 0 Å². The average Bonchev–Trinajstić information content (AvgIpc) is 1.90. The zero-order valence-corrected chi connectivity index (χ0v) is 10.1. The standard InChI is InChI=1S/C8H9N.U/c1-9(2)8-6-4-3-5-7-8;/h3-6H,1H2,2H3;/q-2;+2. The Morgan fingerprint density at radius 1 is 1.50 bits per heavy atom. The number of rotatable bonds is 1. The van der Waals surface area contributed by atoms with Crippen LogP contribution in [0.2, 0.25) is 0 Å². The molecular formula is C8H9NU. The third-order valence-corrected chi connectivity index (χ3v) is 1.10. The SMILES string of the molecule is [CH2-]N(C)c1[c-]cccc1.[U+2]. The minimum atomic E-state index is 0. The Bertz CT molecular complexity index is 172. The zero-order chi connectivity index (χ0) is 6.69. The third kappa shape index (κ3) is 2.77. The minimum absolute atomic E-state index is 0. The average molecular weight is 357 g/mol. The molecule has 1 aromatic carbocycles. The molecule has 50 valence electrons. The van der Waals surface area contributed by atoms with Crippen LogP contribution >= 0.6 is 0 Å². The first-order valence-electron chi connectivity index (χ1n) is 2.81. The maximum Gasteiger partial charge on any atom is 2.00 e. The van der Waals surface area contributed by atoms with E-state index in [0.717, 1.165) is 5.69 Å². The molecule has 0 radical (unpaired) electrons. The van der Waals surface area contributed by atoms with Crippen LogP contribution < -0.4 is 4.90 Å². The summed E-state index contributed by atoms with van der Waals surface area (Å²) in [6.07, 6.45) is 0. The summed E-state index contributed by atoms with van der Waals surface area (Å²) in [4.78, 5) is 1.78. The zero-order valence-electron chi connectivity index (χ0n) is 5.96. The van der Waals surface area contributed by atoms with E-state index in [1.54, 1.807) is 4.90 Å². The maximum atomic E-state index is 3.71. The van der Waals surface area contributed by atoms with Crippen molar-refractivity contribution >= 4 is 5.69 Å². The Kier molecular flexibility index (Phi) is 4.86. The van der Waals surface area contributed by atoms with Crippen LogP contribution in [0.5, 0.6) is 0 Å². The fourth-order valence-corrected chi connectivity index (χ4v) is 0.621. The molecule has 0 aliphatic heterocycles. The molecule has 0 aliphatic rings. The molecule has 1 nitrogen and oxygen atoms in total. The van der Waals surface area contributed by atoms with Crippen molar-refractivity contribution in [2.45, 2.75) is 0 Å². The second-order valence-electron chi connectivity index (χ2n) is 1.95. The topological polar surface area (TPSA) is 3.24 Å². The number of nitrogens with zero attached hydrogens (tertiary/aromatic N) is 1. The van der Waals surface area contributed by atoms with Crippen molar-refractivity contribution in [3.05, 3.63) is 37.4 Å². The van der Waals surface area contributed by atoms with Gasteiger partial charge in [-0.1, -0.05) is 0 Å². The van der Waals surface area contributed by atoms with Crippen LogP contribution in [0.15, 0.2) is 24.3 Å². The molecule has 0 aliphatic carbocycles. The Labute approximate surface area is 85.8 Å². The predicted molar refractivity (Wildman–Crippen MR) is 39.0 cm³/mol. The number of anilines is 1. The van der Waals surface area contributed by atoms with Crippen molar-refractivity contribution in [2.75, 3.05) is 11.9 Å². The molecule has 0 fully saturated rings. The quantitative estimate of drug-likeness (QED) is 0.692. The minimum Gasteiger partial charge on any atom is -0.548 e. The van der Waals surface area contributed by atoms with Gasteiger partial charge in [0.15, 0.2) is 0 Å². The van der Waals surface area contributed by atoms with E-state index in [2.05, 4.69) is 13.1 Å².